The minimum Gasteiger partial charge on any atom is -0.506 e. The van der Waals surface area contributed by atoms with E-state index in [2.05, 4.69) is 5.32 Å². The van der Waals surface area contributed by atoms with Crippen molar-refractivity contribution in [2.24, 2.45) is 0 Å². The molecule has 2 amide bonds. The highest BCUT2D eigenvalue weighted by Crippen LogP contribution is 2.29. The topological polar surface area (TPSA) is 114 Å². The van der Waals surface area contributed by atoms with Crippen LogP contribution in [0.15, 0.2) is 29.1 Å². The summed E-state index contributed by atoms with van der Waals surface area (Å²) in [7, 11) is 0. The lowest BCUT2D eigenvalue weighted by molar-refractivity contribution is 0.0880. The number of fused-ring (bicyclic) bond motifs is 1. The van der Waals surface area contributed by atoms with Crippen LogP contribution in [0.2, 0.25) is 5.02 Å². The van der Waals surface area contributed by atoms with Gasteiger partial charge in [-0.05, 0) is 18.2 Å². The molecule has 3 rings (SSSR count). The number of nitrogens with one attached hydrogen (secondary N) is 1. The van der Waals surface area contributed by atoms with Gasteiger partial charge in [0.05, 0.1) is 16.8 Å². The number of carbonyl (C=O) groups is 2. The number of halogens is 1. The van der Waals surface area contributed by atoms with Crippen molar-refractivity contribution < 1.29 is 14.7 Å². The predicted molar refractivity (Wildman–Crippen MR) is 74.9 cm³/mol. The molecule has 0 fully saturated rings. The van der Waals surface area contributed by atoms with Gasteiger partial charge in [-0.15, -0.1) is 0 Å². The van der Waals surface area contributed by atoms with E-state index in [0.29, 0.717) is 0 Å². The first-order chi connectivity index (χ1) is 9.90. The number of hydrogen-bond donors (Lipinski definition) is 3. The average Bonchev–Trinajstić information content (AvgIpc) is 2.68. The summed E-state index contributed by atoms with van der Waals surface area (Å²) in [4.78, 5) is 35.4. The zero-order valence-corrected chi connectivity index (χ0v) is 11.1. The summed E-state index contributed by atoms with van der Waals surface area (Å²) in [6.07, 6.45) is 0. The predicted octanol–water partition coefficient (Wildman–Crippen LogP) is 0.662. The van der Waals surface area contributed by atoms with Crippen molar-refractivity contribution in [1.29, 1.82) is 0 Å². The van der Waals surface area contributed by atoms with E-state index < -0.39 is 17.4 Å². The number of aromatic hydroxyl groups is 1. The van der Waals surface area contributed by atoms with Gasteiger partial charge in [0.15, 0.2) is 0 Å². The van der Waals surface area contributed by atoms with Crippen LogP contribution in [-0.2, 0) is 0 Å². The van der Waals surface area contributed by atoms with Gasteiger partial charge in [0.1, 0.15) is 11.6 Å². The van der Waals surface area contributed by atoms with Crippen molar-refractivity contribution in [3.63, 3.8) is 0 Å². The highest BCUT2D eigenvalue weighted by Gasteiger charge is 2.32. The third-order valence-electron chi connectivity index (χ3n) is 3.13. The Bertz CT molecular complexity index is 872. The molecule has 1 aliphatic rings. The molecule has 0 aliphatic carbocycles. The number of aromatic nitrogens is 1. The molecule has 0 saturated carbocycles. The maximum atomic E-state index is 12.2. The second-order valence-electron chi connectivity index (χ2n) is 4.41. The number of carbonyl (C=O) groups excluding carboxylic acids is 2. The zero-order chi connectivity index (χ0) is 15.3. The smallest absolute Gasteiger partial charge is 0.262 e. The van der Waals surface area contributed by atoms with E-state index in [4.69, 9.17) is 17.3 Å². The average molecular weight is 306 g/mol. The first kappa shape index (κ1) is 13.2. The van der Waals surface area contributed by atoms with Crippen molar-refractivity contribution >= 4 is 29.2 Å². The normalized spacial score (nSPS) is 13.2. The van der Waals surface area contributed by atoms with Crippen LogP contribution in [0.3, 0.4) is 0 Å². The number of phenols is 1. The quantitative estimate of drug-likeness (QED) is 0.670. The minimum atomic E-state index is -0.692. The Kier molecular flexibility index (Phi) is 2.74. The molecular formula is C13H8ClN3O4. The van der Waals surface area contributed by atoms with Crippen LogP contribution in [0.5, 0.6) is 5.75 Å². The first-order valence-corrected chi connectivity index (χ1v) is 6.18. The number of amides is 2. The fourth-order valence-electron chi connectivity index (χ4n) is 2.20. The molecule has 7 nitrogen and oxygen atoms in total. The molecule has 1 aliphatic heterocycles. The van der Waals surface area contributed by atoms with Gasteiger partial charge < -0.3 is 10.8 Å². The monoisotopic (exact) mass is 305 g/mol. The summed E-state index contributed by atoms with van der Waals surface area (Å²) in [5.74, 6) is -1.85. The Hall–Kier alpha value is -2.80. The SMILES string of the molecule is Nc1c2c(cc(=O)n1-c1cc(Cl)ccc1O)C(=O)NC2=O. The van der Waals surface area contributed by atoms with E-state index >= 15 is 0 Å². The molecule has 8 heteroatoms. The van der Waals surface area contributed by atoms with Gasteiger partial charge in [-0.25, -0.2) is 0 Å². The lowest BCUT2D eigenvalue weighted by atomic mass is 10.1. The van der Waals surface area contributed by atoms with Gasteiger partial charge in [0.2, 0.25) is 0 Å². The molecule has 2 aromatic rings. The molecular weight excluding hydrogens is 298 g/mol. The van der Waals surface area contributed by atoms with Crippen molar-refractivity contribution in [1.82, 2.24) is 9.88 Å². The second-order valence-corrected chi connectivity index (χ2v) is 4.84. The number of nitrogens with zero attached hydrogens (tertiary/aromatic N) is 1. The van der Waals surface area contributed by atoms with E-state index in [0.717, 1.165) is 10.6 Å². The van der Waals surface area contributed by atoms with Gasteiger partial charge >= 0.3 is 0 Å². The van der Waals surface area contributed by atoms with Gasteiger partial charge in [-0.2, -0.15) is 0 Å². The fourth-order valence-corrected chi connectivity index (χ4v) is 2.37. The summed E-state index contributed by atoms with van der Waals surface area (Å²) in [5, 5.41) is 12.2. The van der Waals surface area contributed by atoms with Crippen LogP contribution >= 0.6 is 11.6 Å². The molecule has 106 valence electrons. The second kappa shape index (κ2) is 4.35. The van der Waals surface area contributed by atoms with E-state index in [1.54, 1.807) is 0 Å². The van der Waals surface area contributed by atoms with E-state index in [1.807, 2.05) is 0 Å². The molecule has 0 atom stereocenters. The molecule has 4 N–H and O–H groups in total. The number of rotatable bonds is 1. The van der Waals surface area contributed by atoms with E-state index in [1.165, 1.54) is 18.2 Å². The molecule has 0 bridgehead atoms. The Morgan fingerprint density at radius 1 is 1.14 bits per heavy atom. The molecule has 0 spiro atoms. The molecule has 0 saturated heterocycles. The summed E-state index contributed by atoms with van der Waals surface area (Å²) in [5.41, 5.74) is 5.02. The third-order valence-corrected chi connectivity index (χ3v) is 3.37. The standard InChI is InChI=1S/C13H8ClN3O4/c14-5-1-2-8(18)7(3-5)17-9(19)4-6-10(11(17)15)13(21)16-12(6)20/h1-4,18H,15H2,(H,16,20,21). The molecule has 1 aromatic carbocycles. The zero-order valence-electron chi connectivity index (χ0n) is 10.4. The van der Waals surface area contributed by atoms with Crippen LogP contribution in [0.4, 0.5) is 5.82 Å². The Labute approximate surface area is 122 Å². The minimum absolute atomic E-state index is 0.0277. The van der Waals surface area contributed by atoms with Gasteiger partial charge in [0.25, 0.3) is 17.4 Å². The lowest BCUT2D eigenvalue weighted by Gasteiger charge is -2.13. The van der Waals surface area contributed by atoms with E-state index in [-0.39, 0.29) is 33.4 Å². The van der Waals surface area contributed by atoms with Crippen LogP contribution in [0.25, 0.3) is 5.69 Å². The molecule has 21 heavy (non-hydrogen) atoms. The molecule has 1 aromatic heterocycles. The van der Waals surface area contributed by atoms with Crippen LogP contribution in [0, 0.1) is 0 Å². The van der Waals surface area contributed by atoms with E-state index in [9.17, 15) is 19.5 Å². The van der Waals surface area contributed by atoms with Crippen molar-refractivity contribution in [2.45, 2.75) is 0 Å². The van der Waals surface area contributed by atoms with Crippen molar-refractivity contribution in [3.05, 3.63) is 50.8 Å². The van der Waals surface area contributed by atoms with Gasteiger partial charge in [0, 0.05) is 11.1 Å². The maximum absolute atomic E-state index is 12.2. The number of phenolic OH excluding ortho intramolecular Hbond substituents is 1. The number of imide groups is 1. The number of anilines is 1. The highest BCUT2D eigenvalue weighted by atomic mass is 35.5. The van der Waals surface area contributed by atoms with Gasteiger partial charge in [-0.1, -0.05) is 11.6 Å². The summed E-state index contributed by atoms with van der Waals surface area (Å²) in [6.45, 7) is 0. The lowest BCUT2D eigenvalue weighted by Crippen LogP contribution is -2.24. The number of nitrogens with two attached hydrogens (primary N) is 1. The summed E-state index contributed by atoms with van der Waals surface area (Å²) in [6, 6.07) is 5.05. The van der Waals surface area contributed by atoms with Crippen LogP contribution < -0.4 is 16.6 Å². The third kappa shape index (κ3) is 1.86. The largest absolute Gasteiger partial charge is 0.506 e. The summed E-state index contributed by atoms with van der Waals surface area (Å²) >= 11 is 5.84. The Morgan fingerprint density at radius 2 is 1.86 bits per heavy atom. The van der Waals surface area contributed by atoms with Crippen molar-refractivity contribution in [3.8, 4) is 11.4 Å². The molecule has 2 heterocycles. The fraction of sp³-hybridized carbons (Fsp3) is 0. The molecule has 0 unspecified atom stereocenters. The van der Waals surface area contributed by atoms with Crippen molar-refractivity contribution in [2.75, 3.05) is 5.73 Å². The van der Waals surface area contributed by atoms with Crippen LogP contribution in [0.1, 0.15) is 20.7 Å². The van der Waals surface area contributed by atoms with Gasteiger partial charge in [-0.3, -0.25) is 24.3 Å². The number of hydrogen-bond acceptors (Lipinski definition) is 5. The maximum Gasteiger partial charge on any atom is 0.262 e. The van der Waals surface area contributed by atoms with Crippen LogP contribution in [-0.4, -0.2) is 21.5 Å². The Balaban J connectivity index is 2.38. The number of pyridine rings is 1. The first-order valence-electron chi connectivity index (χ1n) is 5.80. The highest BCUT2D eigenvalue weighted by molar-refractivity contribution is 6.30. The summed E-state index contributed by atoms with van der Waals surface area (Å²) < 4.78 is 0.929. The number of benzene rings is 1. The molecule has 0 radical (unpaired) electrons. The number of nitrogen functional groups attached to an aromatic ring is 1. The Morgan fingerprint density at radius 3 is 2.57 bits per heavy atom.